The molecule has 4 saturated carbocycles. The van der Waals surface area contributed by atoms with Gasteiger partial charge in [0.25, 0.3) is 0 Å². The summed E-state index contributed by atoms with van der Waals surface area (Å²) in [5, 5.41) is 8.26. The maximum atomic E-state index is 13.4. The second kappa shape index (κ2) is 6.72. The molecule has 7 rings (SSSR count). The topological polar surface area (TPSA) is 46.9 Å². The molecule has 0 saturated heterocycles. The summed E-state index contributed by atoms with van der Waals surface area (Å²) in [7, 11) is 0. The number of carbonyl (C=O) groups excluding carboxylic acids is 1. The zero-order valence-electron chi connectivity index (χ0n) is 17.3. The Morgan fingerprint density at radius 2 is 1.72 bits per heavy atom. The predicted molar refractivity (Wildman–Crippen MR) is 114 cm³/mol. The number of rotatable bonds is 4. The quantitative estimate of drug-likeness (QED) is 0.688. The number of Topliss-reactive ketones (excluding diaryl/α,β-unsaturated/α-hetero) is 1. The lowest BCUT2D eigenvalue weighted by Gasteiger charge is -2.54. The monoisotopic (exact) mass is 389 g/mol. The van der Waals surface area contributed by atoms with Crippen molar-refractivity contribution in [3.63, 3.8) is 0 Å². The van der Waals surface area contributed by atoms with Gasteiger partial charge < -0.3 is 5.32 Å². The fourth-order valence-electron chi connectivity index (χ4n) is 7.31. The van der Waals surface area contributed by atoms with Crippen molar-refractivity contribution in [3.8, 4) is 0 Å². The Labute approximate surface area is 173 Å². The fraction of sp³-hybridized carbons (Fsp3) is 0.600. The summed E-state index contributed by atoms with van der Waals surface area (Å²) < 4.78 is 2.03. The number of anilines is 1. The van der Waals surface area contributed by atoms with Crippen molar-refractivity contribution in [1.29, 1.82) is 0 Å². The second-order valence-corrected chi connectivity index (χ2v) is 10.3. The summed E-state index contributed by atoms with van der Waals surface area (Å²) >= 11 is 0. The molecule has 0 radical (unpaired) electrons. The van der Waals surface area contributed by atoms with E-state index >= 15 is 0 Å². The Morgan fingerprint density at radius 3 is 2.41 bits per heavy atom. The Bertz CT molecular complexity index is 889. The molecule has 2 unspecified atom stereocenters. The third kappa shape index (κ3) is 2.94. The molecule has 2 heterocycles. The molecule has 4 aliphatic carbocycles. The van der Waals surface area contributed by atoms with Gasteiger partial charge in [-0.1, -0.05) is 30.3 Å². The van der Waals surface area contributed by atoms with Gasteiger partial charge in [0.1, 0.15) is 5.82 Å². The van der Waals surface area contributed by atoms with Crippen molar-refractivity contribution < 1.29 is 4.79 Å². The van der Waals surface area contributed by atoms with E-state index in [0.29, 0.717) is 17.7 Å². The van der Waals surface area contributed by atoms with Crippen LogP contribution in [0.1, 0.15) is 79.9 Å². The van der Waals surface area contributed by atoms with E-state index in [1.54, 1.807) is 0 Å². The number of aromatic nitrogens is 2. The molecule has 4 nitrogen and oxygen atoms in total. The summed E-state index contributed by atoms with van der Waals surface area (Å²) in [5.41, 5.74) is 2.09. The molecular weight excluding hydrogens is 358 g/mol. The largest absolute Gasteiger partial charge is 0.363 e. The molecule has 4 fully saturated rings. The number of nitrogens with zero attached hydrogens (tertiary/aromatic N) is 2. The number of ketones is 1. The van der Waals surface area contributed by atoms with Crippen molar-refractivity contribution in [3.05, 3.63) is 47.7 Å². The highest BCUT2D eigenvalue weighted by Gasteiger charge is 2.48. The van der Waals surface area contributed by atoms with Gasteiger partial charge >= 0.3 is 0 Å². The Hall–Kier alpha value is -2.10. The van der Waals surface area contributed by atoms with Crippen LogP contribution in [0.15, 0.2) is 36.5 Å². The van der Waals surface area contributed by atoms with Gasteiger partial charge in [-0.2, -0.15) is 5.10 Å². The van der Waals surface area contributed by atoms with Crippen molar-refractivity contribution in [2.75, 3.05) is 5.32 Å². The van der Waals surface area contributed by atoms with Gasteiger partial charge in [-0.3, -0.25) is 4.79 Å². The first-order valence-electron chi connectivity index (χ1n) is 11.6. The van der Waals surface area contributed by atoms with E-state index in [2.05, 4.69) is 47.7 Å². The van der Waals surface area contributed by atoms with Crippen LogP contribution in [-0.4, -0.2) is 15.6 Å². The third-order valence-electron chi connectivity index (χ3n) is 8.45. The molecule has 1 N–H and O–H groups in total. The standard InChI is InChI=1S/C25H31N3O/c1-15-7-23(18-5-3-2-4-6-18)27-25-22(14-26-28(15)25)24(29)13-21-19-9-16-8-17(11-19)12-20(21)10-16/h2-6,14-17,19-21,23,27H,7-13H2,1H3. The van der Waals surface area contributed by atoms with Crippen LogP contribution >= 0.6 is 0 Å². The lowest BCUT2D eigenvalue weighted by molar-refractivity contribution is -0.0366. The van der Waals surface area contributed by atoms with Gasteiger partial charge in [0.15, 0.2) is 5.78 Å². The molecule has 0 spiro atoms. The van der Waals surface area contributed by atoms with Crippen LogP contribution in [-0.2, 0) is 0 Å². The van der Waals surface area contributed by atoms with Crippen molar-refractivity contribution in [2.45, 2.75) is 64.0 Å². The van der Waals surface area contributed by atoms with Gasteiger partial charge in [0, 0.05) is 6.42 Å². The molecule has 2 atom stereocenters. The van der Waals surface area contributed by atoms with E-state index in [-0.39, 0.29) is 6.04 Å². The highest BCUT2D eigenvalue weighted by Crippen LogP contribution is 2.57. The van der Waals surface area contributed by atoms with Crippen LogP contribution in [0, 0.1) is 29.6 Å². The highest BCUT2D eigenvalue weighted by atomic mass is 16.1. The maximum absolute atomic E-state index is 13.4. The summed E-state index contributed by atoms with van der Waals surface area (Å²) in [6.07, 6.45) is 10.5. The van der Waals surface area contributed by atoms with Crippen LogP contribution in [0.5, 0.6) is 0 Å². The summed E-state index contributed by atoms with van der Waals surface area (Å²) in [6, 6.07) is 11.1. The number of carbonyl (C=O) groups is 1. The lowest BCUT2D eigenvalue weighted by atomic mass is 9.51. The molecule has 1 aromatic carbocycles. The minimum Gasteiger partial charge on any atom is -0.363 e. The summed E-state index contributed by atoms with van der Waals surface area (Å²) in [4.78, 5) is 13.4. The molecule has 0 amide bonds. The molecular formula is C25H31N3O. The molecule has 5 aliphatic rings. The average molecular weight is 390 g/mol. The zero-order valence-corrected chi connectivity index (χ0v) is 17.3. The number of fused-ring (bicyclic) bond motifs is 1. The van der Waals surface area contributed by atoms with Crippen LogP contribution in [0.4, 0.5) is 5.82 Å². The molecule has 4 bridgehead atoms. The number of hydrogen-bond acceptors (Lipinski definition) is 3. The van der Waals surface area contributed by atoms with Crippen molar-refractivity contribution in [1.82, 2.24) is 9.78 Å². The minimum absolute atomic E-state index is 0.239. The zero-order chi connectivity index (χ0) is 19.5. The lowest BCUT2D eigenvalue weighted by Crippen LogP contribution is -2.45. The smallest absolute Gasteiger partial charge is 0.168 e. The van der Waals surface area contributed by atoms with Crippen LogP contribution in [0.2, 0.25) is 0 Å². The van der Waals surface area contributed by atoms with E-state index in [1.165, 1.54) is 37.7 Å². The highest BCUT2D eigenvalue weighted by molar-refractivity contribution is 6.00. The van der Waals surface area contributed by atoms with Gasteiger partial charge in [0.2, 0.25) is 0 Å². The minimum atomic E-state index is 0.239. The van der Waals surface area contributed by atoms with Gasteiger partial charge in [-0.15, -0.1) is 0 Å². The van der Waals surface area contributed by atoms with Crippen molar-refractivity contribution in [2.24, 2.45) is 29.6 Å². The van der Waals surface area contributed by atoms with Crippen LogP contribution in [0.25, 0.3) is 0 Å². The fourth-order valence-corrected chi connectivity index (χ4v) is 7.31. The molecule has 1 aliphatic heterocycles. The molecule has 4 heteroatoms. The van der Waals surface area contributed by atoms with Crippen LogP contribution < -0.4 is 5.32 Å². The average Bonchev–Trinajstić information content (AvgIpc) is 3.15. The predicted octanol–water partition coefficient (Wildman–Crippen LogP) is 5.65. The van der Waals surface area contributed by atoms with E-state index in [1.807, 2.05) is 10.9 Å². The number of nitrogens with one attached hydrogen (secondary N) is 1. The number of hydrogen-bond donors (Lipinski definition) is 1. The van der Waals surface area contributed by atoms with Gasteiger partial charge in [0.05, 0.1) is 23.8 Å². The molecule has 152 valence electrons. The van der Waals surface area contributed by atoms with E-state index in [0.717, 1.165) is 47.9 Å². The molecule has 2 aromatic rings. The van der Waals surface area contributed by atoms with Gasteiger partial charge in [-0.25, -0.2) is 4.68 Å². The van der Waals surface area contributed by atoms with Crippen molar-refractivity contribution >= 4 is 11.6 Å². The second-order valence-electron chi connectivity index (χ2n) is 10.3. The first-order valence-corrected chi connectivity index (χ1v) is 11.6. The first kappa shape index (κ1) is 17.7. The van der Waals surface area contributed by atoms with E-state index < -0.39 is 0 Å². The number of benzene rings is 1. The van der Waals surface area contributed by atoms with Crippen LogP contribution in [0.3, 0.4) is 0 Å². The molecule has 29 heavy (non-hydrogen) atoms. The maximum Gasteiger partial charge on any atom is 0.168 e. The SMILES string of the molecule is CC1CC(c2ccccc2)Nc2c(C(=O)CC3C4CC5CC(C4)CC3C5)cnn21. The van der Waals surface area contributed by atoms with E-state index in [4.69, 9.17) is 0 Å². The van der Waals surface area contributed by atoms with E-state index in [9.17, 15) is 4.79 Å². The van der Waals surface area contributed by atoms with Gasteiger partial charge in [-0.05, 0) is 80.6 Å². The molecule has 1 aromatic heterocycles. The Kier molecular flexibility index (Phi) is 4.11. The summed E-state index contributed by atoms with van der Waals surface area (Å²) in [6.45, 7) is 2.21. The first-order chi connectivity index (χ1) is 14.2. The Morgan fingerprint density at radius 1 is 1.03 bits per heavy atom. The summed E-state index contributed by atoms with van der Waals surface area (Å²) in [5.74, 6) is 5.36. The normalized spacial score (nSPS) is 37.2. The Balaban J connectivity index is 1.24. The third-order valence-corrected chi connectivity index (χ3v) is 8.45.